The number of aliphatic hydroxyl groups excluding tert-OH is 4. The largest absolute Gasteiger partial charge is 0.459 e. The predicted octanol–water partition coefficient (Wildman–Crippen LogP) is 2.79. The van der Waals surface area contributed by atoms with Crippen molar-refractivity contribution in [1.29, 1.82) is 0 Å². The molecule has 5 N–H and O–H groups in total. The minimum absolute atomic E-state index is 0.0240. The molecule has 0 bridgehead atoms. The van der Waals surface area contributed by atoms with Gasteiger partial charge in [-0.3, -0.25) is 4.79 Å². The van der Waals surface area contributed by atoms with E-state index in [1.165, 1.54) is 13.0 Å². The molecule has 4 saturated carbocycles. The second kappa shape index (κ2) is 16.2. The third-order valence-electron chi connectivity index (χ3n) is 16.1. The lowest BCUT2D eigenvalue weighted by Gasteiger charge is -2.63. The molecule has 0 radical (unpaired) electrons. The van der Waals surface area contributed by atoms with Crippen molar-refractivity contribution in [2.45, 2.75) is 204 Å². The first kappa shape index (κ1) is 42.9. The lowest BCUT2D eigenvalue weighted by atomic mass is 9.43. The monoisotopic (exact) mass is 822 g/mol. The fourth-order valence-electron chi connectivity index (χ4n) is 13.2. The molecule has 0 amide bonds. The standard InChI is InChI=1S/C43H66O15/c1-20-38(49)32(55-23(4)44)17-36(52-20)58-40-22(3)54-35(16-30(40)46)57-39-21(2)53-34(15-29(39)45)56-26-9-11-41(5)25(14-26)7-8-28-27(41)10-12-42(6)37(24-13-33(48)51-19-24)31(47)18-43(28,42)50/h13,20-22,25-32,34-40,45-47,49-50H,7-12,14-19H2,1-6H3/t20-,21-,22-,25-,26+,27+,28-,29+,30+,31+,32+,34+,35+,36+,37+,38-,39-,40-,41+,42-,43+/m1/s1. The molecule has 8 aliphatic rings. The highest BCUT2D eigenvalue weighted by molar-refractivity contribution is 5.85. The van der Waals surface area contributed by atoms with E-state index in [1.54, 1.807) is 13.8 Å². The van der Waals surface area contributed by atoms with Gasteiger partial charge in [-0.05, 0) is 94.5 Å². The Bertz CT molecular complexity index is 1530. The average Bonchev–Trinajstić information content (AvgIpc) is 3.65. The van der Waals surface area contributed by atoms with Crippen LogP contribution in [0.25, 0.3) is 0 Å². The predicted molar refractivity (Wildman–Crippen MR) is 202 cm³/mol. The minimum Gasteiger partial charge on any atom is -0.459 e. The van der Waals surface area contributed by atoms with Gasteiger partial charge in [-0.25, -0.2) is 4.79 Å². The zero-order valence-corrected chi connectivity index (χ0v) is 34.8. The third kappa shape index (κ3) is 7.60. The van der Waals surface area contributed by atoms with Crippen LogP contribution in [0.1, 0.15) is 112 Å². The fraction of sp³-hybridized carbons (Fsp3) is 0.907. The second-order valence-corrected chi connectivity index (χ2v) is 19.5. The first-order valence-electron chi connectivity index (χ1n) is 21.8. The lowest BCUT2D eigenvalue weighted by Crippen LogP contribution is -2.62. The van der Waals surface area contributed by atoms with Crippen molar-refractivity contribution in [3.63, 3.8) is 0 Å². The maximum Gasteiger partial charge on any atom is 0.331 e. The van der Waals surface area contributed by atoms with Crippen LogP contribution in [0.5, 0.6) is 0 Å². The highest BCUT2D eigenvalue weighted by atomic mass is 16.7. The van der Waals surface area contributed by atoms with Crippen molar-refractivity contribution in [3.8, 4) is 0 Å². The van der Waals surface area contributed by atoms with Gasteiger partial charge >= 0.3 is 11.9 Å². The molecule has 21 atom stereocenters. The van der Waals surface area contributed by atoms with E-state index in [4.69, 9.17) is 37.9 Å². The molecule has 7 fully saturated rings. The minimum atomic E-state index is -1.02. The number of hydrogen-bond donors (Lipinski definition) is 5. The Hall–Kier alpha value is -1.76. The number of fused-ring (bicyclic) bond motifs is 5. The van der Waals surface area contributed by atoms with Crippen LogP contribution in [0, 0.1) is 34.5 Å². The van der Waals surface area contributed by atoms with Crippen LogP contribution in [-0.4, -0.2) is 136 Å². The highest BCUT2D eigenvalue weighted by Crippen LogP contribution is 2.70. The smallest absolute Gasteiger partial charge is 0.331 e. The van der Waals surface area contributed by atoms with E-state index in [0.29, 0.717) is 18.3 Å². The molecule has 15 nitrogen and oxygen atoms in total. The van der Waals surface area contributed by atoms with E-state index in [2.05, 4.69) is 13.8 Å². The van der Waals surface area contributed by atoms with Crippen LogP contribution < -0.4 is 0 Å². The van der Waals surface area contributed by atoms with Gasteiger partial charge in [0, 0.05) is 50.0 Å². The summed E-state index contributed by atoms with van der Waals surface area (Å²) in [7, 11) is 0. The molecule has 4 heterocycles. The lowest BCUT2D eigenvalue weighted by molar-refractivity contribution is -0.336. The van der Waals surface area contributed by atoms with Crippen LogP contribution in [-0.2, 0) is 47.5 Å². The number of cyclic esters (lactones) is 1. The van der Waals surface area contributed by atoms with E-state index in [9.17, 15) is 35.1 Å². The van der Waals surface area contributed by atoms with Gasteiger partial charge in [0.1, 0.15) is 31.0 Å². The van der Waals surface area contributed by atoms with Gasteiger partial charge in [-0.15, -0.1) is 0 Å². The molecule has 15 heteroatoms. The van der Waals surface area contributed by atoms with Gasteiger partial charge in [0.15, 0.2) is 18.9 Å². The Balaban J connectivity index is 0.825. The molecule has 0 spiro atoms. The van der Waals surface area contributed by atoms with Gasteiger partial charge in [0.25, 0.3) is 0 Å². The Kier molecular flexibility index (Phi) is 12.0. The van der Waals surface area contributed by atoms with Crippen molar-refractivity contribution in [2.75, 3.05) is 6.61 Å². The van der Waals surface area contributed by atoms with Gasteiger partial charge in [0.05, 0.1) is 48.3 Å². The van der Waals surface area contributed by atoms with Gasteiger partial charge < -0.3 is 63.4 Å². The molecule has 0 aromatic rings. The van der Waals surface area contributed by atoms with Crippen LogP contribution in [0.3, 0.4) is 0 Å². The fourth-order valence-corrected chi connectivity index (χ4v) is 13.2. The van der Waals surface area contributed by atoms with Crippen LogP contribution in [0.2, 0.25) is 0 Å². The summed E-state index contributed by atoms with van der Waals surface area (Å²) in [6.45, 7) is 11.2. The molecule has 328 valence electrons. The molecule has 0 aromatic carbocycles. The second-order valence-electron chi connectivity index (χ2n) is 19.5. The molecule has 0 unspecified atom stereocenters. The maximum absolute atomic E-state index is 12.6. The molecule has 8 rings (SSSR count). The quantitative estimate of drug-likeness (QED) is 0.176. The number of aliphatic hydroxyl groups is 5. The summed E-state index contributed by atoms with van der Waals surface area (Å²) in [5.41, 5.74) is -0.712. The van der Waals surface area contributed by atoms with Crippen LogP contribution in [0.15, 0.2) is 11.6 Å². The average molecular weight is 823 g/mol. The summed E-state index contributed by atoms with van der Waals surface area (Å²) in [4.78, 5) is 23.5. The Morgan fingerprint density at radius 2 is 1.38 bits per heavy atom. The number of carbonyl (C=O) groups is 2. The Labute approximate surface area is 341 Å². The van der Waals surface area contributed by atoms with Gasteiger partial charge in [-0.2, -0.15) is 0 Å². The number of hydrogen-bond acceptors (Lipinski definition) is 15. The molecule has 3 saturated heterocycles. The first-order valence-corrected chi connectivity index (χ1v) is 21.8. The van der Waals surface area contributed by atoms with Crippen molar-refractivity contribution >= 4 is 11.9 Å². The van der Waals surface area contributed by atoms with Gasteiger partial charge in [-0.1, -0.05) is 13.8 Å². The van der Waals surface area contributed by atoms with Crippen molar-refractivity contribution in [3.05, 3.63) is 11.6 Å². The number of esters is 2. The summed E-state index contributed by atoms with van der Waals surface area (Å²) in [5, 5.41) is 56.8. The maximum atomic E-state index is 12.6. The van der Waals surface area contributed by atoms with Crippen molar-refractivity contribution in [2.24, 2.45) is 34.5 Å². The number of rotatable bonds is 8. The van der Waals surface area contributed by atoms with E-state index in [1.807, 2.05) is 6.92 Å². The number of ether oxygens (including phenoxy) is 8. The Morgan fingerprint density at radius 3 is 1.98 bits per heavy atom. The number of carbonyl (C=O) groups excluding carboxylic acids is 2. The summed E-state index contributed by atoms with van der Waals surface area (Å²) in [6, 6.07) is 0. The first-order chi connectivity index (χ1) is 27.4. The molecule has 58 heavy (non-hydrogen) atoms. The topological polar surface area (TPSA) is 209 Å². The van der Waals surface area contributed by atoms with E-state index < -0.39 is 96.9 Å². The third-order valence-corrected chi connectivity index (χ3v) is 16.1. The molecular formula is C43H66O15. The normalized spacial score (nSPS) is 53.2. The Morgan fingerprint density at radius 1 is 0.759 bits per heavy atom. The summed E-state index contributed by atoms with van der Waals surface area (Å²) in [6.07, 6.45) is -1.40. The molecule has 4 aliphatic carbocycles. The molecule has 4 aliphatic heterocycles. The van der Waals surface area contributed by atoms with E-state index >= 15 is 0 Å². The highest BCUT2D eigenvalue weighted by Gasteiger charge is 2.70. The summed E-state index contributed by atoms with van der Waals surface area (Å²) >= 11 is 0. The van der Waals surface area contributed by atoms with E-state index in [-0.39, 0.29) is 55.2 Å². The van der Waals surface area contributed by atoms with Crippen LogP contribution in [0.4, 0.5) is 0 Å². The SMILES string of the molecule is CC(=O)O[C@H]1C[C@H](O[C@H]2[C@@H](O)C[C@H](O[C@H]3[C@@H](O)C[C@H](O[C@H]4CC[C@@]5(C)[C@H](CC[C@@H]6[C@@H]5CC[C@]5(C)[C@@H](C7=CC(=O)OC7)[C@@H](O)C[C@]65O)C4)O[C@@H]3C)O[C@@H]2C)O[C@H](C)[C@H]1O. The molecular weight excluding hydrogens is 756 g/mol. The van der Waals surface area contributed by atoms with Crippen molar-refractivity contribution in [1.82, 2.24) is 0 Å². The van der Waals surface area contributed by atoms with Crippen LogP contribution >= 0.6 is 0 Å². The summed E-state index contributed by atoms with van der Waals surface area (Å²) < 4.78 is 47.7. The van der Waals surface area contributed by atoms with Gasteiger partial charge in [0.2, 0.25) is 0 Å². The molecule has 0 aromatic heterocycles. The van der Waals surface area contributed by atoms with Crippen molar-refractivity contribution < 1.29 is 73.0 Å². The zero-order chi connectivity index (χ0) is 41.5. The van der Waals surface area contributed by atoms with E-state index in [0.717, 1.165) is 50.5 Å². The zero-order valence-electron chi connectivity index (χ0n) is 34.8. The summed E-state index contributed by atoms with van der Waals surface area (Å²) in [5.74, 6) is -0.374.